The molecule has 0 unspecified atom stereocenters. The largest absolute Gasteiger partial charge is 0.491 e. The van der Waals surface area contributed by atoms with Crippen LogP contribution in [0.25, 0.3) is 0 Å². The maximum atomic E-state index is 12.1. The molecule has 0 saturated carbocycles. The van der Waals surface area contributed by atoms with Crippen LogP contribution in [0.2, 0.25) is 0 Å². The highest BCUT2D eigenvalue weighted by Crippen LogP contribution is 2.21. The number of ether oxygens (including phenoxy) is 2. The van der Waals surface area contributed by atoms with Crippen LogP contribution in [0.5, 0.6) is 5.75 Å². The Morgan fingerprint density at radius 1 is 1.30 bits per heavy atom. The minimum absolute atomic E-state index is 0.154. The van der Waals surface area contributed by atoms with Gasteiger partial charge in [0.05, 0.1) is 12.6 Å². The summed E-state index contributed by atoms with van der Waals surface area (Å²) in [5.74, 6) is 0.618. The van der Waals surface area contributed by atoms with Crippen LogP contribution in [0.1, 0.15) is 38.8 Å². The number of carbonyl (C=O) groups excluding carboxylic acids is 1. The van der Waals surface area contributed by atoms with Crippen LogP contribution < -0.4 is 15.8 Å². The average molecular weight is 322 g/mol. The molecule has 130 valence electrons. The van der Waals surface area contributed by atoms with E-state index in [0.29, 0.717) is 26.4 Å². The lowest BCUT2D eigenvalue weighted by Crippen LogP contribution is -2.48. The Morgan fingerprint density at radius 3 is 2.61 bits per heavy atom. The molecule has 23 heavy (non-hydrogen) atoms. The first kappa shape index (κ1) is 19.5. The molecule has 1 atom stereocenters. The number of carbonyl (C=O) groups is 1. The van der Waals surface area contributed by atoms with E-state index >= 15 is 0 Å². The SMILES string of the molecule is CCOCCOc1cc(C)ccc1CNC(=O)[C@@H](N)C(C)(C)C. The summed E-state index contributed by atoms with van der Waals surface area (Å²) in [5, 5.41) is 2.89. The molecule has 0 aromatic heterocycles. The van der Waals surface area contributed by atoms with Gasteiger partial charge in [0.1, 0.15) is 12.4 Å². The van der Waals surface area contributed by atoms with Crippen LogP contribution >= 0.6 is 0 Å². The molecule has 1 amide bonds. The first-order valence-electron chi connectivity index (χ1n) is 8.09. The second kappa shape index (κ2) is 8.89. The van der Waals surface area contributed by atoms with Crippen molar-refractivity contribution in [1.82, 2.24) is 5.32 Å². The van der Waals surface area contributed by atoms with Gasteiger partial charge in [-0.05, 0) is 30.9 Å². The molecule has 5 nitrogen and oxygen atoms in total. The standard InChI is InChI=1S/C18H30N2O3/c1-6-22-9-10-23-15-11-13(2)7-8-14(15)12-20-17(21)16(19)18(3,4)5/h7-8,11,16H,6,9-10,12,19H2,1-5H3,(H,20,21)/t16-/m1/s1. The summed E-state index contributed by atoms with van der Waals surface area (Å²) >= 11 is 0. The topological polar surface area (TPSA) is 73.6 Å². The molecule has 0 aliphatic carbocycles. The van der Waals surface area contributed by atoms with Gasteiger partial charge < -0.3 is 20.5 Å². The van der Waals surface area contributed by atoms with E-state index in [2.05, 4.69) is 5.32 Å². The Hall–Kier alpha value is -1.59. The molecule has 0 heterocycles. The van der Waals surface area contributed by atoms with Gasteiger partial charge in [-0.1, -0.05) is 32.9 Å². The number of rotatable bonds is 8. The first-order valence-corrected chi connectivity index (χ1v) is 8.09. The number of hydrogen-bond donors (Lipinski definition) is 2. The summed E-state index contributed by atoms with van der Waals surface area (Å²) in [6, 6.07) is 5.39. The van der Waals surface area contributed by atoms with Crippen molar-refractivity contribution >= 4 is 5.91 Å². The minimum Gasteiger partial charge on any atom is -0.491 e. The van der Waals surface area contributed by atoms with E-state index in [1.807, 2.05) is 52.8 Å². The van der Waals surface area contributed by atoms with Crippen molar-refractivity contribution in [3.8, 4) is 5.75 Å². The Kier molecular flexibility index (Phi) is 7.52. The van der Waals surface area contributed by atoms with Gasteiger partial charge in [-0.2, -0.15) is 0 Å². The van der Waals surface area contributed by atoms with Crippen LogP contribution in [0.4, 0.5) is 0 Å². The molecule has 0 bridgehead atoms. The van der Waals surface area contributed by atoms with Gasteiger partial charge in [0.25, 0.3) is 0 Å². The number of nitrogens with one attached hydrogen (secondary N) is 1. The molecule has 5 heteroatoms. The second-order valence-corrected chi connectivity index (χ2v) is 6.72. The van der Waals surface area contributed by atoms with Gasteiger partial charge >= 0.3 is 0 Å². The van der Waals surface area contributed by atoms with Crippen LogP contribution in [0, 0.1) is 12.3 Å². The molecule has 3 N–H and O–H groups in total. The molecule has 0 spiro atoms. The molecule has 0 fully saturated rings. The summed E-state index contributed by atoms with van der Waals surface area (Å²) < 4.78 is 11.1. The predicted molar refractivity (Wildman–Crippen MR) is 92.4 cm³/mol. The Labute approximate surface area is 139 Å². The summed E-state index contributed by atoms with van der Waals surface area (Å²) in [6.07, 6.45) is 0. The van der Waals surface area contributed by atoms with Crippen molar-refractivity contribution in [2.75, 3.05) is 19.8 Å². The second-order valence-electron chi connectivity index (χ2n) is 6.72. The first-order chi connectivity index (χ1) is 10.8. The molecule has 0 radical (unpaired) electrons. The van der Waals surface area contributed by atoms with Gasteiger partial charge in [0.15, 0.2) is 0 Å². The smallest absolute Gasteiger partial charge is 0.237 e. The van der Waals surface area contributed by atoms with Crippen LogP contribution in [0.3, 0.4) is 0 Å². The van der Waals surface area contributed by atoms with Gasteiger partial charge in [-0.15, -0.1) is 0 Å². The van der Waals surface area contributed by atoms with E-state index in [9.17, 15) is 4.79 Å². The third-order valence-corrected chi connectivity index (χ3v) is 3.58. The van der Waals surface area contributed by atoms with Gasteiger partial charge in [-0.3, -0.25) is 4.79 Å². The molecule has 0 saturated heterocycles. The lowest BCUT2D eigenvalue weighted by molar-refractivity contribution is -0.124. The van der Waals surface area contributed by atoms with E-state index < -0.39 is 6.04 Å². The Bertz CT molecular complexity index is 509. The zero-order valence-corrected chi connectivity index (χ0v) is 14.9. The molecular formula is C18H30N2O3. The summed E-state index contributed by atoms with van der Waals surface area (Å²) in [6.45, 7) is 11.9. The molecular weight excluding hydrogens is 292 g/mol. The van der Waals surface area contributed by atoms with Crippen molar-refractivity contribution in [2.45, 2.75) is 47.2 Å². The summed E-state index contributed by atoms with van der Waals surface area (Å²) in [4.78, 5) is 12.1. The number of hydrogen-bond acceptors (Lipinski definition) is 4. The monoisotopic (exact) mass is 322 g/mol. The zero-order valence-electron chi connectivity index (χ0n) is 14.9. The van der Waals surface area contributed by atoms with E-state index in [1.54, 1.807) is 0 Å². The van der Waals surface area contributed by atoms with Crippen molar-refractivity contribution < 1.29 is 14.3 Å². The maximum absolute atomic E-state index is 12.1. The minimum atomic E-state index is -0.546. The average Bonchev–Trinajstić information content (AvgIpc) is 2.48. The van der Waals surface area contributed by atoms with E-state index in [0.717, 1.165) is 16.9 Å². The lowest BCUT2D eigenvalue weighted by Gasteiger charge is -2.26. The van der Waals surface area contributed by atoms with Crippen LogP contribution in [-0.2, 0) is 16.1 Å². The quantitative estimate of drug-likeness (QED) is 0.721. The number of benzene rings is 1. The molecule has 1 aromatic carbocycles. The molecule has 1 rings (SSSR count). The Morgan fingerprint density at radius 2 is 2.00 bits per heavy atom. The van der Waals surface area contributed by atoms with Gasteiger partial charge in [0.2, 0.25) is 5.91 Å². The number of nitrogens with two attached hydrogens (primary N) is 1. The van der Waals surface area contributed by atoms with Crippen molar-refractivity contribution in [1.29, 1.82) is 0 Å². The predicted octanol–water partition coefficient (Wildman–Crippen LogP) is 2.40. The molecule has 0 aliphatic heterocycles. The van der Waals surface area contributed by atoms with Crippen molar-refractivity contribution in [3.63, 3.8) is 0 Å². The third-order valence-electron chi connectivity index (χ3n) is 3.58. The van der Waals surface area contributed by atoms with Gasteiger partial charge in [-0.25, -0.2) is 0 Å². The number of aryl methyl sites for hydroxylation is 1. The summed E-state index contributed by atoms with van der Waals surface area (Å²) in [5.41, 5.74) is 7.75. The normalized spacial score (nSPS) is 12.8. The fraction of sp³-hybridized carbons (Fsp3) is 0.611. The fourth-order valence-corrected chi connectivity index (χ4v) is 1.98. The van der Waals surface area contributed by atoms with E-state index in [1.165, 1.54) is 0 Å². The van der Waals surface area contributed by atoms with E-state index in [4.69, 9.17) is 15.2 Å². The molecule has 1 aromatic rings. The highest BCUT2D eigenvalue weighted by molar-refractivity contribution is 5.82. The van der Waals surface area contributed by atoms with Crippen LogP contribution in [0.15, 0.2) is 18.2 Å². The molecule has 0 aliphatic rings. The van der Waals surface area contributed by atoms with Crippen LogP contribution in [-0.4, -0.2) is 31.8 Å². The fourth-order valence-electron chi connectivity index (χ4n) is 1.98. The number of amides is 1. The summed E-state index contributed by atoms with van der Waals surface area (Å²) in [7, 11) is 0. The highest BCUT2D eigenvalue weighted by atomic mass is 16.5. The zero-order chi connectivity index (χ0) is 17.5. The van der Waals surface area contributed by atoms with Crippen molar-refractivity contribution in [2.24, 2.45) is 11.1 Å². The van der Waals surface area contributed by atoms with E-state index in [-0.39, 0.29) is 11.3 Å². The maximum Gasteiger partial charge on any atom is 0.237 e. The third kappa shape index (κ3) is 6.59. The van der Waals surface area contributed by atoms with Gasteiger partial charge in [0, 0.05) is 18.7 Å². The van der Waals surface area contributed by atoms with Crippen molar-refractivity contribution in [3.05, 3.63) is 29.3 Å². The highest BCUT2D eigenvalue weighted by Gasteiger charge is 2.27. The Balaban J connectivity index is 2.67. The lowest BCUT2D eigenvalue weighted by atomic mass is 9.87.